The predicted octanol–water partition coefficient (Wildman–Crippen LogP) is 2.77. The number of hydrogen-bond donors (Lipinski definition) is 2. The summed E-state index contributed by atoms with van der Waals surface area (Å²) in [4.78, 5) is 16.6. The summed E-state index contributed by atoms with van der Waals surface area (Å²) in [5.41, 5.74) is 6.46. The van der Waals surface area contributed by atoms with E-state index in [1.807, 2.05) is 7.05 Å². The second-order valence-corrected chi connectivity index (χ2v) is 6.14. The number of fused-ring (bicyclic) bond motifs is 1. The summed E-state index contributed by atoms with van der Waals surface area (Å²) in [6.07, 6.45) is 6.16. The minimum absolute atomic E-state index is 0.0561. The van der Waals surface area contributed by atoms with Gasteiger partial charge >= 0.3 is 0 Å². The van der Waals surface area contributed by atoms with Gasteiger partial charge in [-0.05, 0) is 13.0 Å². The highest BCUT2D eigenvalue weighted by Gasteiger charge is 2.19. The van der Waals surface area contributed by atoms with E-state index in [0.717, 1.165) is 12.3 Å². The molecule has 0 bridgehead atoms. The first-order chi connectivity index (χ1) is 12.9. The Hall–Kier alpha value is -3.56. The van der Waals surface area contributed by atoms with Gasteiger partial charge in [-0.15, -0.1) is 0 Å². The number of anilines is 3. The van der Waals surface area contributed by atoms with Crippen molar-refractivity contribution >= 4 is 28.6 Å². The molecule has 0 aromatic carbocycles. The number of aryl methyl sites for hydroxylation is 1. The van der Waals surface area contributed by atoms with Gasteiger partial charge in [0.15, 0.2) is 0 Å². The number of nitrogens with zero attached hydrogens (tertiary/aromatic N) is 6. The summed E-state index contributed by atoms with van der Waals surface area (Å²) in [5.74, 6) is -0.313. The smallest absolute Gasteiger partial charge is 0.224 e. The largest absolute Gasteiger partial charge is 0.368 e. The molecule has 3 N–H and O–H groups in total. The number of aromatic nitrogens is 6. The molecule has 0 saturated heterocycles. The summed E-state index contributed by atoms with van der Waals surface area (Å²) in [7, 11) is 1.85. The van der Waals surface area contributed by atoms with Crippen molar-refractivity contribution < 1.29 is 8.78 Å². The van der Waals surface area contributed by atoms with Gasteiger partial charge in [-0.25, -0.2) is 13.8 Å². The number of pyridine rings is 1. The summed E-state index contributed by atoms with van der Waals surface area (Å²) in [6.45, 7) is 1.74. The monoisotopic (exact) mass is 370 g/mol. The van der Waals surface area contributed by atoms with Crippen molar-refractivity contribution in [2.24, 2.45) is 7.05 Å². The van der Waals surface area contributed by atoms with E-state index in [1.54, 1.807) is 40.8 Å². The van der Waals surface area contributed by atoms with Crippen molar-refractivity contribution in [3.8, 4) is 0 Å². The highest BCUT2D eigenvalue weighted by Crippen LogP contribution is 2.29. The third-order valence-electron chi connectivity index (χ3n) is 4.19. The van der Waals surface area contributed by atoms with Crippen LogP contribution in [0.2, 0.25) is 0 Å². The molecule has 4 aromatic rings. The molecular formula is C17H16F2N8. The maximum absolute atomic E-state index is 14.1. The highest BCUT2D eigenvalue weighted by atomic mass is 19.1. The summed E-state index contributed by atoms with van der Waals surface area (Å²) >= 11 is 0. The molecule has 4 heterocycles. The third-order valence-corrected chi connectivity index (χ3v) is 4.19. The van der Waals surface area contributed by atoms with Gasteiger partial charge in [-0.2, -0.15) is 9.97 Å². The number of hydrogen-bond acceptors (Lipinski definition) is 6. The number of imidazole rings is 1. The molecule has 0 radical (unpaired) electrons. The van der Waals surface area contributed by atoms with Gasteiger partial charge in [0.25, 0.3) is 0 Å². The molecule has 138 valence electrons. The first kappa shape index (κ1) is 16.9. The molecule has 0 aliphatic carbocycles. The van der Waals surface area contributed by atoms with Crippen molar-refractivity contribution in [3.63, 3.8) is 0 Å². The molecule has 0 aliphatic rings. The fourth-order valence-corrected chi connectivity index (χ4v) is 2.92. The fraction of sp³-hybridized carbons (Fsp3) is 0.176. The van der Waals surface area contributed by atoms with E-state index in [4.69, 9.17) is 5.73 Å². The average Bonchev–Trinajstić information content (AvgIpc) is 3.20. The Kier molecular flexibility index (Phi) is 3.94. The predicted molar refractivity (Wildman–Crippen MR) is 96.4 cm³/mol. The lowest BCUT2D eigenvalue weighted by atomic mass is 10.2. The molecule has 1 atom stereocenters. The molecule has 4 rings (SSSR count). The Labute approximate surface area is 152 Å². The van der Waals surface area contributed by atoms with Gasteiger partial charge in [0.1, 0.15) is 28.9 Å². The minimum atomic E-state index is -0.728. The van der Waals surface area contributed by atoms with Crippen LogP contribution >= 0.6 is 0 Å². The summed E-state index contributed by atoms with van der Waals surface area (Å²) < 4.78 is 30.8. The Morgan fingerprint density at radius 2 is 2.04 bits per heavy atom. The number of nitrogens with two attached hydrogens (primary N) is 1. The molecule has 4 aromatic heterocycles. The Bertz CT molecular complexity index is 1130. The third kappa shape index (κ3) is 3.05. The summed E-state index contributed by atoms with van der Waals surface area (Å²) in [5, 5.41) is 3.79. The molecule has 27 heavy (non-hydrogen) atoms. The van der Waals surface area contributed by atoms with Crippen molar-refractivity contribution in [1.82, 2.24) is 29.1 Å². The van der Waals surface area contributed by atoms with E-state index in [9.17, 15) is 8.78 Å². The maximum atomic E-state index is 14.1. The minimum Gasteiger partial charge on any atom is -0.368 e. The Morgan fingerprint density at radius 1 is 1.22 bits per heavy atom. The Morgan fingerprint density at radius 3 is 2.74 bits per heavy atom. The molecular weight excluding hydrogens is 354 g/mol. The van der Waals surface area contributed by atoms with Gasteiger partial charge in [0.2, 0.25) is 5.95 Å². The van der Waals surface area contributed by atoms with Gasteiger partial charge in [-0.3, -0.25) is 4.98 Å². The van der Waals surface area contributed by atoms with Gasteiger partial charge in [-0.1, -0.05) is 0 Å². The standard InChI is InChI=1S/C17H16F2N8/c1-9(14-12(19)5-10(18)6-21-14)27-4-3-11-15(24-17(20)25-16(11)27)23-13-7-26(2)8-22-13/h3-9H,1-2H3,(H3,20,23,24,25)/t9-/m0/s1. The first-order valence-electron chi connectivity index (χ1n) is 8.12. The number of halogens is 2. The quantitative estimate of drug-likeness (QED) is 0.573. The lowest BCUT2D eigenvalue weighted by Gasteiger charge is -2.15. The molecule has 0 fully saturated rings. The molecule has 10 heteroatoms. The highest BCUT2D eigenvalue weighted by molar-refractivity contribution is 5.90. The van der Waals surface area contributed by atoms with Crippen molar-refractivity contribution in [1.29, 1.82) is 0 Å². The van der Waals surface area contributed by atoms with Crippen molar-refractivity contribution in [2.75, 3.05) is 11.1 Å². The van der Waals surface area contributed by atoms with E-state index in [1.165, 1.54) is 0 Å². The lowest BCUT2D eigenvalue weighted by molar-refractivity contribution is 0.524. The van der Waals surface area contributed by atoms with Crippen LogP contribution in [-0.4, -0.2) is 29.1 Å². The van der Waals surface area contributed by atoms with E-state index < -0.39 is 17.7 Å². The van der Waals surface area contributed by atoms with Gasteiger partial charge in [0.05, 0.1) is 29.6 Å². The van der Waals surface area contributed by atoms with Gasteiger partial charge in [0, 0.05) is 25.5 Å². The zero-order valence-electron chi connectivity index (χ0n) is 14.6. The van der Waals surface area contributed by atoms with E-state index in [0.29, 0.717) is 22.7 Å². The van der Waals surface area contributed by atoms with E-state index >= 15 is 0 Å². The van der Waals surface area contributed by atoms with Crippen LogP contribution in [0.4, 0.5) is 26.4 Å². The first-order valence-corrected chi connectivity index (χ1v) is 8.12. The second kappa shape index (κ2) is 6.31. The maximum Gasteiger partial charge on any atom is 0.224 e. The fourth-order valence-electron chi connectivity index (χ4n) is 2.92. The van der Waals surface area contributed by atoms with Crippen LogP contribution in [0.25, 0.3) is 11.0 Å². The summed E-state index contributed by atoms with van der Waals surface area (Å²) in [6, 6.07) is 2.07. The molecule has 8 nitrogen and oxygen atoms in total. The molecule has 0 amide bonds. The zero-order valence-corrected chi connectivity index (χ0v) is 14.6. The van der Waals surface area contributed by atoms with Crippen LogP contribution in [-0.2, 0) is 7.05 Å². The van der Waals surface area contributed by atoms with Crippen LogP contribution in [0, 0.1) is 11.6 Å². The van der Waals surface area contributed by atoms with Crippen LogP contribution in [0.1, 0.15) is 18.7 Å². The van der Waals surface area contributed by atoms with E-state index in [-0.39, 0.29) is 11.6 Å². The van der Waals surface area contributed by atoms with Crippen molar-refractivity contribution in [2.45, 2.75) is 13.0 Å². The normalized spacial score (nSPS) is 12.4. The van der Waals surface area contributed by atoms with E-state index in [2.05, 4.69) is 25.3 Å². The Balaban J connectivity index is 1.79. The van der Waals surface area contributed by atoms with Crippen LogP contribution < -0.4 is 11.1 Å². The number of nitrogen functional groups attached to an aromatic ring is 1. The number of rotatable bonds is 4. The average molecular weight is 370 g/mol. The second-order valence-electron chi connectivity index (χ2n) is 6.14. The van der Waals surface area contributed by atoms with Gasteiger partial charge < -0.3 is 20.2 Å². The van der Waals surface area contributed by atoms with Crippen molar-refractivity contribution in [3.05, 3.63) is 54.4 Å². The topological polar surface area (TPSA) is 99.5 Å². The molecule has 0 saturated carbocycles. The number of nitrogens with one attached hydrogen (secondary N) is 1. The molecule has 0 aliphatic heterocycles. The van der Waals surface area contributed by atoms with Crippen LogP contribution in [0.3, 0.4) is 0 Å². The lowest BCUT2D eigenvalue weighted by Crippen LogP contribution is -2.11. The van der Waals surface area contributed by atoms with Crippen LogP contribution in [0.5, 0.6) is 0 Å². The van der Waals surface area contributed by atoms with Crippen LogP contribution in [0.15, 0.2) is 37.1 Å². The molecule has 0 spiro atoms. The molecule has 0 unspecified atom stereocenters. The SMILES string of the molecule is C[C@@H](c1ncc(F)cc1F)n1ccc2c(Nc3cn(C)cn3)nc(N)nc21. The zero-order chi connectivity index (χ0) is 19.1.